The largest absolute Gasteiger partial charge is 0.478 e. The quantitative estimate of drug-likeness (QED) is 0.842. The molecule has 2 aliphatic heterocycles. The van der Waals surface area contributed by atoms with Gasteiger partial charge in [-0.1, -0.05) is 12.1 Å². The van der Waals surface area contributed by atoms with Crippen LogP contribution in [-0.4, -0.2) is 72.7 Å². The molecule has 1 aromatic carbocycles. The van der Waals surface area contributed by atoms with Gasteiger partial charge in [-0.25, -0.2) is 4.79 Å². The van der Waals surface area contributed by atoms with E-state index in [0.29, 0.717) is 6.10 Å². The molecule has 2 heterocycles. The lowest BCUT2D eigenvalue weighted by atomic mass is 9.89. The van der Waals surface area contributed by atoms with Crippen molar-refractivity contribution in [1.29, 1.82) is 0 Å². The topological polar surface area (TPSA) is 70.1 Å². The van der Waals surface area contributed by atoms with Crippen LogP contribution in [0.3, 0.4) is 0 Å². The number of nitrogens with zero attached hydrogens (tertiary/aromatic N) is 2. The van der Waals surface area contributed by atoms with E-state index in [-0.39, 0.29) is 17.4 Å². The monoisotopic (exact) mass is 360 g/mol. The summed E-state index contributed by atoms with van der Waals surface area (Å²) in [5.74, 6) is -0.915. The number of amides is 1. The molecule has 0 bridgehead atoms. The number of carboxylic acid groups (broad SMARTS) is 1. The number of benzene rings is 1. The van der Waals surface area contributed by atoms with Crippen molar-refractivity contribution in [2.75, 3.05) is 39.8 Å². The zero-order valence-corrected chi connectivity index (χ0v) is 15.4. The van der Waals surface area contributed by atoms with E-state index in [2.05, 4.69) is 4.90 Å². The summed E-state index contributed by atoms with van der Waals surface area (Å²) >= 11 is 0. The molecule has 1 unspecified atom stereocenters. The van der Waals surface area contributed by atoms with E-state index < -0.39 is 5.97 Å². The van der Waals surface area contributed by atoms with Crippen molar-refractivity contribution in [2.24, 2.45) is 0 Å². The molecule has 0 aromatic heterocycles. The molecule has 2 fully saturated rings. The van der Waals surface area contributed by atoms with Crippen LogP contribution in [0.1, 0.15) is 47.5 Å². The van der Waals surface area contributed by atoms with Crippen LogP contribution < -0.4 is 0 Å². The van der Waals surface area contributed by atoms with E-state index in [1.807, 2.05) is 4.90 Å². The van der Waals surface area contributed by atoms with E-state index in [0.717, 1.165) is 64.0 Å². The summed E-state index contributed by atoms with van der Waals surface area (Å²) in [6.07, 6.45) is 4.32. The lowest BCUT2D eigenvalue weighted by Gasteiger charge is -2.36. The molecule has 1 amide bonds. The molecule has 1 aromatic rings. The molecular formula is C20H28N2O4. The number of carbonyl (C=O) groups is 2. The zero-order chi connectivity index (χ0) is 18.5. The number of hydrogen-bond donors (Lipinski definition) is 1. The second-order valence-electron chi connectivity index (χ2n) is 7.22. The number of rotatable bonds is 6. The van der Waals surface area contributed by atoms with Gasteiger partial charge in [0.25, 0.3) is 0 Å². The Bertz CT molecular complexity index is 623. The molecule has 1 N–H and O–H groups in total. The Morgan fingerprint density at radius 2 is 1.81 bits per heavy atom. The van der Waals surface area contributed by atoms with Gasteiger partial charge in [-0.2, -0.15) is 0 Å². The third-order valence-corrected chi connectivity index (χ3v) is 5.64. The van der Waals surface area contributed by atoms with E-state index >= 15 is 0 Å². The van der Waals surface area contributed by atoms with E-state index in [1.54, 1.807) is 31.4 Å². The van der Waals surface area contributed by atoms with Crippen molar-refractivity contribution >= 4 is 11.9 Å². The molecule has 6 nitrogen and oxygen atoms in total. The van der Waals surface area contributed by atoms with Crippen molar-refractivity contribution in [3.8, 4) is 0 Å². The Morgan fingerprint density at radius 3 is 2.42 bits per heavy atom. The van der Waals surface area contributed by atoms with Gasteiger partial charge in [-0.15, -0.1) is 0 Å². The Morgan fingerprint density at radius 1 is 1.12 bits per heavy atom. The fraction of sp³-hybridized carbons (Fsp3) is 0.600. The molecule has 0 aliphatic carbocycles. The summed E-state index contributed by atoms with van der Waals surface area (Å²) in [6, 6.07) is 6.74. The standard InChI is InChI=1S/C20H28N2O4/c1-26-17-8-11-21(12-9-17)13-14-22-10-2-3-18(19(22)23)15-4-6-16(7-5-15)20(24)25/h4-7,17-18H,2-3,8-14H2,1H3,(H,24,25). The first kappa shape index (κ1) is 18.9. The summed E-state index contributed by atoms with van der Waals surface area (Å²) < 4.78 is 5.41. The molecule has 2 saturated heterocycles. The minimum absolute atomic E-state index is 0.147. The van der Waals surface area contributed by atoms with Crippen LogP contribution in [0.4, 0.5) is 0 Å². The highest BCUT2D eigenvalue weighted by atomic mass is 16.5. The molecule has 3 rings (SSSR count). The summed E-state index contributed by atoms with van der Waals surface area (Å²) in [6.45, 7) is 4.55. The first-order valence-electron chi connectivity index (χ1n) is 9.45. The van der Waals surface area contributed by atoms with Crippen LogP contribution in [0.5, 0.6) is 0 Å². The van der Waals surface area contributed by atoms with Crippen LogP contribution in [-0.2, 0) is 9.53 Å². The number of likely N-dealkylation sites (tertiary alicyclic amines) is 2. The molecule has 2 aliphatic rings. The predicted molar refractivity (Wildman–Crippen MR) is 98.4 cm³/mol. The lowest BCUT2D eigenvalue weighted by molar-refractivity contribution is -0.135. The smallest absolute Gasteiger partial charge is 0.335 e. The Kier molecular flexibility index (Phi) is 6.27. The SMILES string of the molecule is COC1CCN(CCN2CCCC(c3ccc(C(=O)O)cc3)C2=O)CC1. The maximum absolute atomic E-state index is 12.9. The van der Waals surface area contributed by atoms with Gasteiger partial charge < -0.3 is 19.6 Å². The van der Waals surface area contributed by atoms with Gasteiger partial charge in [-0.05, 0) is 43.4 Å². The van der Waals surface area contributed by atoms with Crippen LogP contribution in [0, 0.1) is 0 Å². The second kappa shape index (κ2) is 8.64. The Labute approximate surface area is 154 Å². The minimum Gasteiger partial charge on any atom is -0.478 e. The number of aromatic carboxylic acids is 1. The first-order valence-corrected chi connectivity index (χ1v) is 9.45. The average molecular weight is 360 g/mol. The zero-order valence-electron chi connectivity index (χ0n) is 15.4. The van der Waals surface area contributed by atoms with Crippen molar-refractivity contribution in [2.45, 2.75) is 37.7 Å². The summed E-state index contributed by atoms with van der Waals surface area (Å²) in [5.41, 5.74) is 1.18. The van der Waals surface area contributed by atoms with Crippen LogP contribution >= 0.6 is 0 Å². The summed E-state index contributed by atoms with van der Waals surface area (Å²) in [5, 5.41) is 9.02. The summed E-state index contributed by atoms with van der Waals surface area (Å²) in [7, 11) is 1.77. The van der Waals surface area contributed by atoms with Gasteiger partial charge in [0.2, 0.25) is 5.91 Å². The van der Waals surface area contributed by atoms with Crippen molar-refractivity contribution < 1.29 is 19.4 Å². The van der Waals surface area contributed by atoms with Crippen molar-refractivity contribution in [3.63, 3.8) is 0 Å². The molecule has 6 heteroatoms. The third-order valence-electron chi connectivity index (χ3n) is 5.64. The molecule has 0 saturated carbocycles. The van der Waals surface area contributed by atoms with Crippen LogP contribution in [0.2, 0.25) is 0 Å². The fourth-order valence-corrected chi connectivity index (χ4v) is 3.96. The van der Waals surface area contributed by atoms with Crippen LogP contribution in [0.15, 0.2) is 24.3 Å². The molecule has 0 radical (unpaired) electrons. The van der Waals surface area contributed by atoms with Crippen molar-refractivity contribution in [1.82, 2.24) is 9.80 Å². The fourth-order valence-electron chi connectivity index (χ4n) is 3.96. The normalized spacial score (nSPS) is 22.6. The van der Waals surface area contributed by atoms with Gasteiger partial charge in [0, 0.05) is 39.8 Å². The number of carboxylic acids is 1. The summed E-state index contributed by atoms with van der Waals surface area (Å²) in [4.78, 5) is 28.3. The number of piperidine rings is 2. The molecule has 142 valence electrons. The predicted octanol–water partition coefficient (Wildman–Crippen LogP) is 2.20. The second-order valence-corrected chi connectivity index (χ2v) is 7.22. The highest BCUT2D eigenvalue weighted by Crippen LogP contribution is 2.28. The van der Waals surface area contributed by atoms with E-state index in [4.69, 9.17) is 9.84 Å². The Balaban J connectivity index is 1.55. The van der Waals surface area contributed by atoms with Gasteiger partial charge in [-0.3, -0.25) is 4.79 Å². The maximum Gasteiger partial charge on any atom is 0.335 e. The number of methoxy groups -OCH3 is 1. The van der Waals surface area contributed by atoms with Gasteiger partial charge in [0.1, 0.15) is 0 Å². The highest BCUT2D eigenvalue weighted by Gasteiger charge is 2.30. The van der Waals surface area contributed by atoms with Crippen LogP contribution in [0.25, 0.3) is 0 Å². The third kappa shape index (κ3) is 4.43. The maximum atomic E-state index is 12.9. The molecule has 1 atom stereocenters. The number of ether oxygens (including phenoxy) is 1. The molecule has 0 spiro atoms. The first-order chi connectivity index (χ1) is 12.6. The van der Waals surface area contributed by atoms with Crippen molar-refractivity contribution in [3.05, 3.63) is 35.4 Å². The minimum atomic E-state index is -0.939. The van der Waals surface area contributed by atoms with E-state index in [9.17, 15) is 9.59 Å². The van der Waals surface area contributed by atoms with Gasteiger partial charge >= 0.3 is 5.97 Å². The molecule has 26 heavy (non-hydrogen) atoms. The van der Waals surface area contributed by atoms with Gasteiger partial charge in [0.15, 0.2) is 0 Å². The number of carbonyl (C=O) groups excluding carboxylic acids is 1. The highest BCUT2D eigenvalue weighted by molar-refractivity contribution is 5.88. The average Bonchev–Trinajstić information content (AvgIpc) is 2.67. The lowest BCUT2D eigenvalue weighted by Crippen LogP contribution is -2.46. The molecular weight excluding hydrogens is 332 g/mol. The van der Waals surface area contributed by atoms with Gasteiger partial charge in [0.05, 0.1) is 17.6 Å². The van der Waals surface area contributed by atoms with E-state index in [1.165, 1.54) is 0 Å². The Hall–Kier alpha value is -1.92. The number of hydrogen-bond acceptors (Lipinski definition) is 4.